The number of rotatable bonds is 16. The number of nitrogens with zero attached hydrogens (tertiary/aromatic N) is 3. The van der Waals surface area contributed by atoms with E-state index in [0.29, 0.717) is 47.1 Å². The summed E-state index contributed by atoms with van der Waals surface area (Å²) in [5, 5.41) is 87.3. The first-order valence-corrected chi connectivity index (χ1v) is 36.0. The third-order valence-corrected chi connectivity index (χ3v) is 21.2. The van der Waals surface area contributed by atoms with Gasteiger partial charge in [0, 0.05) is 112 Å². The van der Waals surface area contributed by atoms with Crippen LogP contribution < -0.4 is 73.3 Å². The number of piperazine rings is 2. The largest absolute Gasteiger partial charge is 0.493 e. The third kappa shape index (κ3) is 18.4. The van der Waals surface area contributed by atoms with Crippen molar-refractivity contribution in [3.8, 4) is 34.1 Å². The summed E-state index contributed by atoms with van der Waals surface area (Å²) in [4.78, 5) is 68.1. The monoisotopic (exact) mass is 1480 g/mol. The van der Waals surface area contributed by atoms with Crippen LogP contribution in [0.2, 0.25) is 0 Å². The lowest BCUT2D eigenvalue weighted by molar-refractivity contribution is -0.236. The van der Waals surface area contributed by atoms with Gasteiger partial charge in [0.05, 0.1) is 71.1 Å². The number of Topliss-reactive ketones (excluding diaryl/α,β-unsaturated/α-hetero) is 2. The van der Waals surface area contributed by atoms with Crippen molar-refractivity contribution in [1.82, 2.24) is 46.4 Å². The van der Waals surface area contributed by atoms with E-state index in [-0.39, 0.29) is 77.7 Å². The zero-order chi connectivity index (χ0) is 76.1. The summed E-state index contributed by atoms with van der Waals surface area (Å²) in [5.74, 6) is 1.93. The molecule has 17 N–H and O–H groups in total. The maximum absolute atomic E-state index is 12.8. The molecule has 6 saturated heterocycles. The van der Waals surface area contributed by atoms with Gasteiger partial charge >= 0.3 is 6.09 Å². The number of methoxy groups -OCH3 is 5. The molecular weight excluding hydrogens is 1370 g/mol. The molecule has 17 atom stereocenters. The predicted octanol–water partition coefficient (Wildman–Crippen LogP) is -1.39. The lowest BCUT2D eigenvalue weighted by Gasteiger charge is -2.41. The van der Waals surface area contributed by atoms with Crippen LogP contribution in [-0.2, 0) is 46.3 Å². The number of aliphatic hydroxyl groups excluding tert-OH is 7. The van der Waals surface area contributed by atoms with Gasteiger partial charge in [-0.25, -0.2) is 4.79 Å². The number of hydrogen-bond donors (Lipinski definition) is 15. The van der Waals surface area contributed by atoms with Crippen molar-refractivity contribution in [2.75, 3.05) is 115 Å². The predicted molar refractivity (Wildman–Crippen MR) is 385 cm³/mol. The number of allylic oxidation sites excluding steroid dienone is 2. The van der Waals surface area contributed by atoms with Crippen LogP contribution in [0.25, 0.3) is 11.1 Å². The molecule has 3 unspecified atom stereocenters. The first kappa shape index (κ1) is 82.0. The second kappa shape index (κ2) is 37.2. The van der Waals surface area contributed by atoms with Gasteiger partial charge in [0.25, 0.3) is 5.56 Å². The molecule has 32 heteroatoms. The Hall–Kier alpha value is -7.03. The Morgan fingerprint density at radius 2 is 1.48 bits per heavy atom. The van der Waals surface area contributed by atoms with E-state index >= 15 is 0 Å². The van der Waals surface area contributed by atoms with E-state index in [1.807, 2.05) is 52.8 Å². The number of nitrogens with two attached hydrogens (primary N) is 2. The molecule has 0 radical (unpaired) electrons. The molecule has 11 aliphatic rings. The number of carbonyl (C=O) groups excluding carboxylic acids is 3. The number of pyridine rings is 1. The number of benzene rings is 1. The van der Waals surface area contributed by atoms with Gasteiger partial charge in [0.1, 0.15) is 61.8 Å². The fraction of sp³-hybridized carbons (Fsp3) is 0.630. The summed E-state index contributed by atoms with van der Waals surface area (Å²) in [5.41, 5.74) is 15.7. The molecule has 2 aromatic carbocycles. The van der Waals surface area contributed by atoms with E-state index < -0.39 is 78.7 Å². The van der Waals surface area contributed by atoms with Crippen LogP contribution in [0.3, 0.4) is 0 Å². The number of carbonyl (C=O) groups is 3. The minimum atomic E-state index is -1.41. The SMILES string of the molecule is C=CCNC1CCCC1.CC(O)C(C)ON1CCNCC1.CNC1CCc2cc(OC)c(OC)c(OC)c2-c2ccc(OC)c(=O)cc21.CO[C@@]12[C@H](COC(N)=O)C3=C(C(=O)C(C)=C(N)C3=O)N1C[C@@H]1N[C@@H]12.O=c1cccc2n1C[C@@H]1CNC[C@H]2C1.O[C@@H]1[C@@H](O)[C@H](N[C@@H]2OC[C@@H](O)[C@H](O)[C@H]2O)OC[C@H]1O. The molecule has 105 heavy (non-hydrogen) atoms. The normalized spacial score (nSPS) is 30.3. The zero-order valence-corrected chi connectivity index (χ0v) is 61.4. The third-order valence-electron chi connectivity index (χ3n) is 21.2. The van der Waals surface area contributed by atoms with Crippen LogP contribution in [0.15, 0.2) is 87.2 Å². The van der Waals surface area contributed by atoms with E-state index in [9.17, 15) is 59.7 Å². The lowest BCUT2D eigenvalue weighted by atomic mass is 9.82. The minimum Gasteiger partial charge on any atom is -0.493 e. The Balaban J connectivity index is 0.000000151. The molecule has 32 nitrogen and oxygen atoms in total. The van der Waals surface area contributed by atoms with Crippen LogP contribution in [0.1, 0.15) is 88.1 Å². The number of ketones is 2. The number of fused-ring (bicyclic) bond motifs is 11. The van der Waals surface area contributed by atoms with Crippen molar-refractivity contribution < 1.29 is 92.9 Å². The highest BCUT2D eigenvalue weighted by Gasteiger charge is 2.72. The van der Waals surface area contributed by atoms with Crippen LogP contribution in [0.4, 0.5) is 4.79 Å². The van der Waals surface area contributed by atoms with Crippen molar-refractivity contribution in [2.45, 2.75) is 169 Å². The van der Waals surface area contributed by atoms with Crippen LogP contribution in [0, 0.1) is 11.8 Å². The summed E-state index contributed by atoms with van der Waals surface area (Å²) >= 11 is 0. The molecule has 14 rings (SSSR count). The molecule has 7 fully saturated rings. The number of amides is 1. The number of aliphatic hydroxyl groups is 7. The summed E-state index contributed by atoms with van der Waals surface area (Å²) in [7, 11) is 9.73. The number of hydrogen-bond acceptors (Lipinski definition) is 30. The molecule has 9 heterocycles. The second-order valence-corrected chi connectivity index (χ2v) is 27.8. The highest BCUT2D eigenvalue weighted by molar-refractivity contribution is 6.25. The van der Waals surface area contributed by atoms with Crippen molar-refractivity contribution in [3.63, 3.8) is 0 Å². The van der Waals surface area contributed by atoms with E-state index in [1.54, 1.807) is 46.5 Å². The smallest absolute Gasteiger partial charge is 0.404 e. The van der Waals surface area contributed by atoms with Crippen molar-refractivity contribution in [1.29, 1.82) is 0 Å². The molecule has 0 spiro atoms. The molecule has 2 bridgehead atoms. The Morgan fingerprint density at radius 3 is 2.07 bits per heavy atom. The number of aromatic nitrogens is 1. The topological polar surface area (TPSA) is 456 Å². The van der Waals surface area contributed by atoms with Crippen molar-refractivity contribution in [2.24, 2.45) is 23.3 Å². The highest BCUT2D eigenvalue weighted by atomic mass is 16.7. The first-order chi connectivity index (χ1) is 50.3. The Morgan fingerprint density at radius 1 is 0.819 bits per heavy atom. The minimum absolute atomic E-state index is 0.0268. The van der Waals surface area contributed by atoms with Gasteiger partial charge in [-0.1, -0.05) is 31.1 Å². The molecule has 1 saturated carbocycles. The van der Waals surface area contributed by atoms with Gasteiger partial charge in [0.2, 0.25) is 22.7 Å². The van der Waals surface area contributed by atoms with Crippen LogP contribution in [0.5, 0.6) is 23.0 Å². The summed E-state index contributed by atoms with van der Waals surface area (Å²) in [6.07, 6.45) is -1.21. The Kier molecular flexibility index (Phi) is 29.1. The van der Waals surface area contributed by atoms with Crippen LogP contribution >= 0.6 is 0 Å². The van der Waals surface area contributed by atoms with Gasteiger partial charge in [-0.05, 0) is 113 Å². The van der Waals surface area contributed by atoms with Crippen molar-refractivity contribution in [3.05, 3.63) is 115 Å². The highest BCUT2D eigenvalue weighted by Crippen LogP contribution is 2.56. The quantitative estimate of drug-likeness (QED) is 0.0446. The maximum atomic E-state index is 12.8. The van der Waals surface area contributed by atoms with E-state index in [4.69, 9.17) is 54.2 Å². The summed E-state index contributed by atoms with van der Waals surface area (Å²) in [6, 6.07) is 13.8. The number of piperidine rings is 1. The molecule has 8 aliphatic heterocycles. The molecule has 1 aromatic heterocycles. The molecule has 1 amide bonds. The Bertz CT molecular complexity index is 3660. The van der Waals surface area contributed by atoms with Gasteiger partial charge in [-0.2, -0.15) is 5.06 Å². The van der Waals surface area contributed by atoms with E-state index in [0.717, 1.165) is 93.5 Å². The molecule has 3 aliphatic carbocycles. The summed E-state index contributed by atoms with van der Waals surface area (Å²) in [6.45, 7) is 16.5. The molecule has 3 aromatic rings. The van der Waals surface area contributed by atoms with E-state index in [1.165, 1.54) is 58.9 Å². The number of primary amides is 1. The fourth-order valence-electron chi connectivity index (χ4n) is 15.3. The first-order valence-electron chi connectivity index (χ1n) is 36.0. The molecular formula is C73H109N11O21. The number of nitrogens with one attached hydrogen (secondary N) is 6. The standard InChI is InChI=1S/C21H25NO5.C15H18N4O5.C11H14N2O.C10H19NO8.C8H18N2O2.C8H15N/c1-22-15-8-6-12-10-18(25-3)20(26-4)21(27-5)19(12)13-7-9-17(24-2)16(23)11-14(13)15;1-5-9(16)12(21)8-6(4-24-14(17)22)15(23-2)13-7(18-13)3-19(15)10(8)11(5)20;14-11-3-1-2-10-9-4-8(5-12-6-9)7-13(10)11;12-3-1-18-9(7(16)5(3)14)11-10-8(17)6(15)4(13)2-19-10;1-7(11)8(2)12-10-5-3-9-4-6-10;1-2-7-9-8-5-3-4-6-8/h7,9-11,15,22H,6,8H2,1-5H3;6-7,13,18H,3-4,16H2,1-2H3,(H2,17,22);1-3,8-9,12H,4-7H2;3-17H,1-2H2;7-9,11H,3-6H2,1-2H3;2,8-9H,1,3-7H2/t;6-,7+,13+,15-;8-,9+;3-,4-,5+,6+,7-,8-,9-,10-;;/m.101../s1. The zero-order valence-electron chi connectivity index (χ0n) is 61.4. The Labute approximate surface area is 611 Å². The number of hydroxylamine groups is 2. The van der Waals surface area contributed by atoms with Crippen molar-refractivity contribution >= 4 is 17.7 Å². The average Bonchev–Trinajstić information content (AvgIpc) is 1.50. The fourth-order valence-corrected chi connectivity index (χ4v) is 15.3. The second-order valence-electron chi connectivity index (χ2n) is 27.8. The number of ether oxygens (including phenoxy) is 8. The van der Waals surface area contributed by atoms with Gasteiger partial charge < -0.3 is 121 Å². The maximum Gasteiger partial charge on any atom is 0.404 e. The lowest BCUT2D eigenvalue weighted by Crippen LogP contribution is -2.65. The van der Waals surface area contributed by atoms with Crippen LogP contribution in [-0.4, -0.2) is 268 Å². The molecule has 582 valence electrons. The number of aryl methyl sites for hydroxylation is 1. The summed E-state index contributed by atoms with van der Waals surface area (Å²) < 4.78 is 45.0. The van der Waals surface area contributed by atoms with Gasteiger partial charge in [0.15, 0.2) is 23.0 Å². The van der Waals surface area contributed by atoms with E-state index in [2.05, 4.69) is 44.5 Å². The average molecular weight is 1480 g/mol. The van der Waals surface area contributed by atoms with Gasteiger partial charge in [-0.3, -0.25) is 29.3 Å². The van der Waals surface area contributed by atoms with Gasteiger partial charge in [-0.15, -0.1) is 6.58 Å².